The van der Waals surface area contributed by atoms with Gasteiger partial charge < -0.3 is 9.47 Å². The summed E-state index contributed by atoms with van der Waals surface area (Å²) in [6.45, 7) is 2.81. The SMILES string of the molecule is CC(=O)Oc1ccccc1CCCCc1ccccc1OC(C)=O. The van der Waals surface area contributed by atoms with Crippen LogP contribution >= 0.6 is 0 Å². The number of unbranched alkanes of at least 4 members (excludes halogenated alkanes) is 1. The van der Waals surface area contributed by atoms with Crippen LogP contribution in [0.5, 0.6) is 11.5 Å². The summed E-state index contributed by atoms with van der Waals surface area (Å²) in [7, 11) is 0. The molecule has 0 unspecified atom stereocenters. The molecule has 0 aliphatic rings. The Morgan fingerprint density at radius 3 is 1.46 bits per heavy atom. The molecule has 0 aromatic heterocycles. The van der Waals surface area contributed by atoms with E-state index in [-0.39, 0.29) is 11.9 Å². The maximum atomic E-state index is 11.1. The van der Waals surface area contributed by atoms with Gasteiger partial charge in [-0.05, 0) is 48.9 Å². The summed E-state index contributed by atoms with van der Waals surface area (Å²) < 4.78 is 10.5. The molecular formula is C20H22O4. The molecule has 0 heterocycles. The molecule has 0 aliphatic heterocycles. The molecule has 0 amide bonds. The number of esters is 2. The van der Waals surface area contributed by atoms with Crippen LogP contribution in [0.2, 0.25) is 0 Å². The standard InChI is InChI=1S/C20H22O4/c1-15(21)23-19-13-7-5-11-17(19)9-3-4-10-18-12-6-8-14-20(18)24-16(2)22/h5-8,11-14H,3-4,9-10H2,1-2H3. The smallest absolute Gasteiger partial charge is 0.308 e. The van der Waals surface area contributed by atoms with Gasteiger partial charge in [-0.2, -0.15) is 0 Å². The van der Waals surface area contributed by atoms with Crippen molar-refractivity contribution in [3.8, 4) is 11.5 Å². The van der Waals surface area contributed by atoms with Crippen LogP contribution in [-0.2, 0) is 22.4 Å². The van der Waals surface area contributed by atoms with Crippen molar-refractivity contribution in [3.63, 3.8) is 0 Å². The van der Waals surface area contributed by atoms with Gasteiger partial charge in [-0.25, -0.2) is 0 Å². The first-order valence-corrected chi connectivity index (χ1v) is 8.09. The van der Waals surface area contributed by atoms with Crippen molar-refractivity contribution in [1.29, 1.82) is 0 Å². The zero-order valence-corrected chi connectivity index (χ0v) is 14.1. The minimum absolute atomic E-state index is 0.308. The van der Waals surface area contributed by atoms with Gasteiger partial charge in [0.15, 0.2) is 0 Å². The van der Waals surface area contributed by atoms with E-state index in [4.69, 9.17) is 9.47 Å². The highest BCUT2D eigenvalue weighted by molar-refractivity contribution is 5.70. The first kappa shape index (κ1) is 17.7. The zero-order valence-electron chi connectivity index (χ0n) is 14.1. The molecule has 0 N–H and O–H groups in total. The molecule has 0 radical (unpaired) electrons. The second-order valence-electron chi connectivity index (χ2n) is 5.61. The van der Waals surface area contributed by atoms with Crippen LogP contribution in [-0.4, -0.2) is 11.9 Å². The Morgan fingerprint density at radius 2 is 1.08 bits per heavy atom. The largest absolute Gasteiger partial charge is 0.426 e. The average Bonchev–Trinajstić information content (AvgIpc) is 2.53. The van der Waals surface area contributed by atoms with E-state index in [1.807, 2.05) is 48.5 Å². The van der Waals surface area contributed by atoms with Gasteiger partial charge in [-0.15, -0.1) is 0 Å². The normalized spacial score (nSPS) is 10.2. The lowest BCUT2D eigenvalue weighted by atomic mass is 10.0. The van der Waals surface area contributed by atoms with Crippen molar-refractivity contribution in [1.82, 2.24) is 0 Å². The van der Waals surface area contributed by atoms with E-state index >= 15 is 0 Å². The molecule has 0 fully saturated rings. The van der Waals surface area contributed by atoms with Gasteiger partial charge >= 0.3 is 11.9 Å². The number of hydrogen-bond donors (Lipinski definition) is 0. The van der Waals surface area contributed by atoms with Crippen LogP contribution in [0.1, 0.15) is 37.8 Å². The quantitative estimate of drug-likeness (QED) is 0.437. The van der Waals surface area contributed by atoms with E-state index in [1.54, 1.807) is 0 Å². The molecule has 0 aliphatic carbocycles. The molecule has 2 rings (SSSR count). The first-order valence-electron chi connectivity index (χ1n) is 8.09. The van der Waals surface area contributed by atoms with Gasteiger partial charge in [0.25, 0.3) is 0 Å². The Balaban J connectivity index is 1.90. The summed E-state index contributed by atoms with van der Waals surface area (Å²) in [6.07, 6.45) is 3.57. The van der Waals surface area contributed by atoms with Crippen LogP contribution in [0.3, 0.4) is 0 Å². The Labute approximate surface area is 142 Å². The van der Waals surface area contributed by atoms with Crippen LogP contribution in [0.25, 0.3) is 0 Å². The predicted molar refractivity (Wildman–Crippen MR) is 92.1 cm³/mol. The van der Waals surface area contributed by atoms with Crippen molar-refractivity contribution in [3.05, 3.63) is 59.7 Å². The number of rotatable bonds is 7. The fourth-order valence-electron chi connectivity index (χ4n) is 2.56. The minimum atomic E-state index is -0.308. The monoisotopic (exact) mass is 326 g/mol. The summed E-state index contributed by atoms with van der Waals surface area (Å²) >= 11 is 0. The van der Waals surface area contributed by atoms with Gasteiger partial charge in [0.05, 0.1) is 0 Å². The van der Waals surface area contributed by atoms with E-state index in [1.165, 1.54) is 13.8 Å². The summed E-state index contributed by atoms with van der Waals surface area (Å²) in [5.41, 5.74) is 2.06. The van der Waals surface area contributed by atoms with Gasteiger partial charge in [-0.1, -0.05) is 36.4 Å². The maximum absolute atomic E-state index is 11.1. The second kappa shape index (κ2) is 8.87. The average molecular weight is 326 g/mol. The Morgan fingerprint density at radius 1 is 0.708 bits per heavy atom. The fraction of sp³-hybridized carbons (Fsp3) is 0.300. The molecule has 4 heteroatoms. The third-order valence-electron chi connectivity index (χ3n) is 3.59. The molecule has 24 heavy (non-hydrogen) atoms. The second-order valence-corrected chi connectivity index (χ2v) is 5.61. The Bertz CT molecular complexity index is 645. The van der Waals surface area contributed by atoms with Gasteiger partial charge in [0.1, 0.15) is 11.5 Å². The fourth-order valence-corrected chi connectivity index (χ4v) is 2.56. The lowest BCUT2D eigenvalue weighted by Gasteiger charge is -2.10. The molecule has 2 aromatic carbocycles. The summed E-state index contributed by atoms with van der Waals surface area (Å²) in [4.78, 5) is 22.3. The summed E-state index contributed by atoms with van der Waals surface area (Å²) in [5.74, 6) is 0.645. The topological polar surface area (TPSA) is 52.6 Å². The maximum Gasteiger partial charge on any atom is 0.308 e. The van der Waals surface area contributed by atoms with E-state index in [0.717, 1.165) is 36.8 Å². The van der Waals surface area contributed by atoms with E-state index in [9.17, 15) is 9.59 Å². The van der Waals surface area contributed by atoms with E-state index < -0.39 is 0 Å². The molecule has 2 aromatic rings. The number of carbonyl (C=O) groups excluding carboxylic acids is 2. The molecule has 4 nitrogen and oxygen atoms in total. The lowest BCUT2D eigenvalue weighted by molar-refractivity contribution is -0.132. The number of benzene rings is 2. The van der Waals surface area contributed by atoms with E-state index in [2.05, 4.69) is 0 Å². The number of para-hydroxylation sites is 2. The lowest BCUT2D eigenvalue weighted by Crippen LogP contribution is -2.05. The highest BCUT2D eigenvalue weighted by Gasteiger charge is 2.07. The number of hydrogen-bond acceptors (Lipinski definition) is 4. The van der Waals surface area contributed by atoms with Crippen LogP contribution < -0.4 is 9.47 Å². The molecule has 126 valence electrons. The molecule has 0 saturated carbocycles. The third-order valence-corrected chi connectivity index (χ3v) is 3.59. The van der Waals surface area contributed by atoms with Crippen molar-refractivity contribution in [2.24, 2.45) is 0 Å². The van der Waals surface area contributed by atoms with Gasteiger partial charge in [0, 0.05) is 13.8 Å². The van der Waals surface area contributed by atoms with Crippen molar-refractivity contribution in [2.75, 3.05) is 0 Å². The van der Waals surface area contributed by atoms with Crippen LogP contribution in [0.4, 0.5) is 0 Å². The highest BCUT2D eigenvalue weighted by Crippen LogP contribution is 2.23. The number of carbonyl (C=O) groups is 2. The molecule has 0 bridgehead atoms. The van der Waals surface area contributed by atoms with Gasteiger partial charge in [0.2, 0.25) is 0 Å². The Kier molecular flexibility index (Phi) is 6.55. The number of ether oxygens (including phenoxy) is 2. The van der Waals surface area contributed by atoms with Crippen LogP contribution in [0, 0.1) is 0 Å². The summed E-state index contributed by atoms with van der Waals surface area (Å²) in [6, 6.07) is 15.2. The van der Waals surface area contributed by atoms with E-state index in [0.29, 0.717) is 11.5 Å². The third kappa shape index (κ3) is 5.54. The molecular weight excluding hydrogens is 304 g/mol. The summed E-state index contributed by atoms with van der Waals surface area (Å²) in [5, 5.41) is 0. The van der Waals surface area contributed by atoms with Crippen molar-refractivity contribution >= 4 is 11.9 Å². The van der Waals surface area contributed by atoms with Crippen LogP contribution in [0.15, 0.2) is 48.5 Å². The Hall–Kier alpha value is -2.62. The molecule has 0 spiro atoms. The number of aryl methyl sites for hydroxylation is 2. The zero-order chi connectivity index (χ0) is 17.4. The molecule has 0 saturated heterocycles. The minimum Gasteiger partial charge on any atom is -0.426 e. The van der Waals surface area contributed by atoms with Gasteiger partial charge in [-0.3, -0.25) is 9.59 Å². The molecule has 0 atom stereocenters. The van der Waals surface area contributed by atoms with Crippen molar-refractivity contribution < 1.29 is 19.1 Å². The first-order chi connectivity index (χ1) is 11.6. The highest BCUT2D eigenvalue weighted by atomic mass is 16.5. The predicted octanol–water partition coefficient (Wildman–Crippen LogP) is 4.10. The van der Waals surface area contributed by atoms with Crippen molar-refractivity contribution in [2.45, 2.75) is 39.5 Å².